The monoisotopic (exact) mass is 358 g/mol. The van der Waals surface area contributed by atoms with Gasteiger partial charge in [-0.05, 0) is 25.0 Å². The van der Waals surface area contributed by atoms with E-state index in [9.17, 15) is 14.7 Å². The summed E-state index contributed by atoms with van der Waals surface area (Å²) in [7, 11) is 0. The normalized spacial score (nSPS) is 19.6. The van der Waals surface area contributed by atoms with E-state index in [-0.39, 0.29) is 12.8 Å². The average Bonchev–Trinajstić information content (AvgIpc) is 3.31. The first-order valence-corrected chi connectivity index (χ1v) is 8.95. The number of ether oxygens (including phenoxy) is 1. The van der Waals surface area contributed by atoms with E-state index < -0.39 is 17.4 Å². The van der Waals surface area contributed by atoms with Gasteiger partial charge in [-0.3, -0.25) is 4.79 Å². The molecule has 2 aromatic heterocycles. The molecule has 0 atom stereocenters. The number of anilines is 1. The summed E-state index contributed by atoms with van der Waals surface area (Å²) in [6.45, 7) is 2.66. The van der Waals surface area contributed by atoms with Crippen molar-refractivity contribution in [3.63, 3.8) is 0 Å². The standard InChI is InChI=1S/C18H22N4O4/c23-16(20-18(17(24)25)4-9-26-10-5-18)14-12-19-22-8-3-13(11-15(14)22)21-6-1-2-7-21/h3,8,11-12H,1-2,4-7,9-10H2,(H,20,23)(H,24,25). The van der Waals surface area contributed by atoms with Crippen LogP contribution >= 0.6 is 0 Å². The highest BCUT2D eigenvalue weighted by atomic mass is 16.5. The zero-order valence-corrected chi connectivity index (χ0v) is 14.5. The predicted molar refractivity (Wildman–Crippen MR) is 94.5 cm³/mol. The maximum atomic E-state index is 12.8. The van der Waals surface area contributed by atoms with E-state index in [1.54, 1.807) is 4.52 Å². The second kappa shape index (κ2) is 6.60. The molecule has 8 nitrogen and oxygen atoms in total. The summed E-state index contributed by atoms with van der Waals surface area (Å²) in [6.07, 6.45) is 6.18. The van der Waals surface area contributed by atoms with Gasteiger partial charge in [0, 0.05) is 51.0 Å². The summed E-state index contributed by atoms with van der Waals surface area (Å²) in [5.41, 5.74) is 0.845. The van der Waals surface area contributed by atoms with Crippen LogP contribution in [0.3, 0.4) is 0 Å². The lowest BCUT2D eigenvalue weighted by atomic mass is 9.90. The van der Waals surface area contributed by atoms with Crippen LogP contribution in [0.25, 0.3) is 5.52 Å². The first-order valence-electron chi connectivity index (χ1n) is 8.95. The summed E-state index contributed by atoms with van der Waals surface area (Å²) in [5, 5.41) is 16.6. The van der Waals surface area contributed by atoms with E-state index in [1.165, 1.54) is 19.0 Å². The molecule has 0 aliphatic carbocycles. The number of carboxylic acids is 1. The second-order valence-electron chi connectivity index (χ2n) is 6.92. The molecule has 0 spiro atoms. The van der Waals surface area contributed by atoms with E-state index in [0.29, 0.717) is 24.3 Å². The molecule has 2 fully saturated rings. The summed E-state index contributed by atoms with van der Waals surface area (Å²) < 4.78 is 6.90. The van der Waals surface area contributed by atoms with Gasteiger partial charge in [0.05, 0.1) is 17.3 Å². The fraction of sp³-hybridized carbons (Fsp3) is 0.500. The van der Waals surface area contributed by atoms with Crippen molar-refractivity contribution in [1.82, 2.24) is 14.9 Å². The number of nitrogens with zero attached hydrogens (tertiary/aromatic N) is 3. The number of amides is 1. The summed E-state index contributed by atoms with van der Waals surface area (Å²) in [5.74, 6) is -1.44. The third-order valence-electron chi connectivity index (χ3n) is 5.33. The van der Waals surface area contributed by atoms with Crippen LogP contribution in [0.1, 0.15) is 36.0 Å². The number of carbonyl (C=O) groups is 2. The van der Waals surface area contributed by atoms with Crippen molar-refractivity contribution in [1.29, 1.82) is 0 Å². The van der Waals surface area contributed by atoms with E-state index in [2.05, 4.69) is 15.3 Å². The molecule has 0 unspecified atom stereocenters. The van der Waals surface area contributed by atoms with Gasteiger partial charge in [0.25, 0.3) is 5.91 Å². The molecule has 4 heterocycles. The minimum absolute atomic E-state index is 0.256. The molecule has 0 radical (unpaired) electrons. The largest absolute Gasteiger partial charge is 0.480 e. The number of rotatable bonds is 4. The molecule has 2 aliphatic rings. The number of carboxylic acid groups (broad SMARTS) is 1. The van der Waals surface area contributed by atoms with Gasteiger partial charge in [0.2, 0.25) is 0 Å². The van der Waals surface area contributed by atoms with Crippen LogP contribution in [-0.4, -0.2) is 58.4 Å². The van der Waals surface area contributed by atoms with Crippen LogP contribution < -0.4 is 10.2 Å². The smallest absolute Gasteiger partial charge is 0.329 e. The molecular formula is C18H22N4O4. The van der Waals surface area contributed by atoms with Gasteiger partial charge in [-0.2, -0.15) is 5.10 Å². The fourth-order valence-corrected chi connectivity index (χ4v) is 3.71. The fourth-order valence-electron chi connectivity index (χ4n) is 3.71. The molecule has 138 valence electrons. The Morgan fingerprint density at radius 2 is 1.96 bits per heavy atom. The van der Waals surface area contributed by atoms with Crippen LogP contribution in [0.2, 0.25) is 0 Å². The quantitative estimate of drug-likeness (QED) is 0.855. The Hall–Kier alpha value is -2.61. The molecule has 0 saturated carbocycles. The Morgan fingerprint density at radius 1 is 1.23 bits per heavy atom. The van der Waals surface area contributed by atoms with Gasteiger partial charge in [-0.15, -0.1) is 0 Å². The SMILES string of the molecule is O=C(NC1(C(=O)O)CCOCC1)c1cnn2ccc(N3CCCC3)cc12. The lowest BCUT2D eigenvalue weighted by molar-refractivity contribution is -0.148. The molecular weight excluding hydrogens is 336 g/mol. The number of carbonyl (C=O) groups excluding carboxylic acids is 1. The summed E-state index contributed by atoms with van der Waals surface area (Å²) in [4.78, 5) is 26.9. The maximum absolute atomic E-state index is 12.8. The number of fused-ring (bicyclic) bond motifs is 1. The van der Waals surface area contributed by atoms with Crippen molar-refractivity contribution in [3.8, 4) is 0 Å². The van der Waals surface area contributed by atoms with Gasteiger partial charge in [-0.1, -0.05) is 0 Å². The number of aromatic nitrogens is 2. The van der Waals surface area contributed by atoms with Crippen molar-refractivity contribution in [2.24, 2.45) is 0 Å². The topological polar surface area (TPSA) is 96.2 Å². The van der Waals surface area contributed by atoms with Crippen molar-refractivity contribution in [2.75, 3.05) is 31.2 Å². The van der Waals surface area contributed by atoms with Gasteiger partial charge in [0.1, 0.15) is 5.54 Å². The Bertz CT molecular complexity index is 835. The Labute approximate surface area is 150 Å². The number of nitrogens with one attached hydrogen (secondary N) is 1. The maximum Gasteiger partial charge on any atom is 0.329 e. The average molecular weight is 358 g/mol. The zero-order valence-electron chi connectivity index (χ0n) is 14.5. The summed E-state index contributed by atoms with van der Waals surface area (Å²) >= 11 is 0. The number of pyridine rings is 1. The Balaban J connectivity index is 1.63. The summed E-state index contributed by atoms with van der Waals surface area (Å²) in [6, 6.07) is 3.94. The van der Waals surface area contributed by atoms with Crippen LogP contribution in [0.4, 0.5) is 5.69 Å². The van der Waals surface area contributed by atoms with E-state index in [4.69, 9.17) is 4.74 Å². The molecule has 2 saturated heterocycles. The van der Waals surface area contributed by atoms with Gasteiger partial charge < -0.3 is 20.1 Å². The molecule has 26 heavy (non-hydrogen) atoms. The molecule has 4 rings (SSSR count). The van der Waals surface area contributed by atoms with Crippen molar-refractivity contribution in [2.45, 2.75) is 31.2 Å². The van der Waals surface area contributed by atoms with Gasteiger partial charge >= 0.3 is 5.97 Å². The van der Waals surface area contributed by atoms with Crippen molar-refractivity contribution in [3.05, 3.63) is 30.1 Å². The second-order valence-corrected chi connectivity index (χ2v) is 6.92. The Morgan fingerprint density at radius 3 is 2.65 bits per heavy atom. The zero-order chi connectivity index (χ0) is 18.1. The van der Waals surface area contributed by atoms with E-state index >= 15 is 0 Å². The predicted octanol–water partition coefficient (Wildman–Crippen LogP) is 1.30. The molecule has 2 aromatic rings. The van der Waals surface area contributed by atoms with Crippen LogP contribution in [0.15, 0.2) is 24.5 Å². The molecule has 2 aliphatic heterocycles. The number of hydrogen-bond acceptors (Lipinski definition) is 5. The van der Waals surface area contributed by atoms with Gasteiger partial charge in [-0.25, -0.2) is 9.31 Å². The van der Waals surface area contributed by atoms with E-state index in [0.717, 1.165) is 18.8 Å². The number of aliphatic carboxylic acids is 1. The molecule has 1 amide bonds. The van der Waals surface area contributed by atoms with Gasteiger partial charge in [0.15, 0.2) is 0 Å². The van der Waals surface area contributed by atoms with Crippen LogP contribution in [-0.2, 0) is 9.53 Å². The first kappa shape index (κ1) is 16.8. The lowest BCUT2D eigenvalue weighted by Gasteiger charge is -2.33. The molecule has 8 heteroatoms. The minimum Gasteiger partial charge on any atom is -0.480 e. The number of hydrogen-bond donors (Lipinski definition) is 2. The van der Waals surface area contributed by atoms with Crippen molar-refractivity contribution < 1.29 is 19.4 Å². The van der Waals surface area contributed by atoms with Crippen molar-refractivity contribution >= 4 is 23.1 Å². The third-order valence-corrected chi connectivity index (χ3v) is 5.33. The van der Waals surface area contributed by atoms with E-state index in [1.807, 2.05) is 18.3 Å². The highest BCUT2D eigenvalue weighted by Crippen LogP contribution is 2.25. The molecule has 2 N–H and O–H groups in total. The Kier molecular flexibility index (Phi) is 4.28. The molecule has 0 bridgehead atoms. The molecule has 0 aromatic carbocycles. The first-order chi connectivity index (χ1) is 12.6. The highest BCUT2D eigenvalue weighted by molar-refractivity contribution is 6.03. The highest BCUT2D eigenvalue weighted by Gasteiger charge is 2.42. The third kappa shape index (κ3) is 2.90. The lowest BCUT2D eigenvalue weighted by Crippen LogP contribution is -2.57. The minimum atomic E-state index is -1.28. The van der Waals surface area contributed by atoms with Crippen LogP contribution in [0.5, 0.6) is 0 Å². The van der Waals surface area contributed by atoms with Crippen LogP contribution in [0, 0.1) is 0 Å².